The molecule has 1 unspecified atom stereocenters. The van der Waals surface area contributed by atoms with Crippen LogP contribution in [0.4, 0.5) is 4.79 Å². The quantitative estimate of drug-likeness (QED) is 0.666. The second-order valence-electron chi connectivity index (χ2n) is 7.04. The highest BCUT2D eigenvalue weighted by Gasteiger charge is 2.33. The maximum Gasteiger partial charge on any atom is 0.338 e. The van der Waals surface area contributed by atoms with Gasteiger partial charge in [-0.15, -0.1) is 0 Å². The zero-order chi connectivity index (χ0) is 20.3. The van der Waals surface area contributed by atoms with Crippen LogP contribution in [0.1, 0.15) is 46.2 Å². The molecule has 0 fully saturated rings. The first-order valence-electron chi connectivity index (χ1n) is 8.71. The number of urea groups is 1. The Balaban J connectivity index is 2.43. The van der Waals surface area contributed by atoms with E-state index in [1.807, 2.05) is 13.8 Å². The van der Waals surface area contributed by atoms with Gasteiger partial charge in [0.25, 0.3) is 0 Å². The van der Waals surface area contributed by atoms with Gasteiger partial charge in [0.1, 0.15) is 0 Å². The first-order chi connectivity index (χ1) is 12.6. The summed E-state index contributed by atoms with van der Waals surface area (Å²) >= 11 is 12.7. The predicted molar refractivity (Wildman–Crippen MR) is 105 cm³/mol. The maximum absolute atomic E-state index is 12.6. The second kappa shape index (κ2) is 8.85. The number of carbonyl (C=O) groups is 2. The van der Waals surface area contributed by atoms with Crippen molar-refractivity contribution < 1.29 is 19.1 Å². The van der Waals surface area contributed by atoms with Crippen molar-refractivity contribution in [2.75, 3.05) is 6.61 Å². The van der Waals surface area contributed by atoms with Crippen molar-refractivity contribution in [3.05, 3.63) is 39.0 Å². The third-order valence-corrected chi connectivity index (χ3v) is 4.31. The fourth-order valence-corrected chi connectivity index (χ4v) is 3.24. The van der Waals surface area contributed by atoms with Gasteiger partial charge in [-0.2, -0.15) is 0 Å². The van der Waals surface area contributed by atoms with Gasteiger partial charge in [0.2, 0.25) is 0 Å². The summed E-state index contributed by atoms with van der Waals surface area (Å²) in [6.07, 6.45) is -0.296. The standard InChI is InChI=1S/C19H24Cl2N2O4/c1-9(2)8-26-17-13(20)6-12(7-14(17)21)16-15(18(24)27-10(3)4)11(5)22-19(25)23-16/h6-7,9-10,16H,8H2,1-5H3,(H2,22,23,25). The van der Waals surface area contributed by atoms with E-state index >= 15 is 0 Å². The summed E-state index contributed by atoms with van der Waals surface area (Å²) in [5, 5.41) is 5.93. The Morgan fingerprint density at radius 3 is 2.30 bits per heavy atom. The van der Waals surface area contributed by atoms with E-state index < -0.39 is 18.0 Å². The number of nitrogens with one attached hydrogen (secondary N) is 2. The molecule has 8 heteroatoms. The number of hydrogen-bond donors (Lipinski definition) is 2. The van der Waals surface area contributed by atoms with E-state index in [0.29, 0.717) is 45.2 Å². The third-order valence-electron chi connectivity index (χ3n) is 3.75. The Bertz CT molecular complexity index is 752. The average Bonchev–Trinajstić information content (AvgIpc) is 2.51. The van der Waals surface area contributed by atoms with E-state index in [4.69, 9.17) is 32.7 Å². The molecule has 0 saturated heterocycles. The summed E-state index contributed by atoms with van der Waals surface area (Å²) in [4.78, 5) is 24.5. The van der Waals surface area contributed by atoms with Gasteiger partial charge in [0.05, 0.1) is 34.4 Å². The Morgan fingerprint density at radius 1 is 1.19 bits per heavy atom. The Hall–Kier alpha value is -1.92. The number of allylic oxidation sites excluding steroid dienone is 1. The van der Waals surface area contributed by atoms with E-state index in [1.54, 1.807) is 32.9 Å². The van der Waals surface area contributed by atoms with Crippen molar-refractivity contribution >= 4 is 35.2 Å². The first kappa shape index (κ1) is 21.4. The zero-order valence-corrected chi connectivity index (χ0v) is 17.5. The molecule has 2 N–H and O–H groups in total. The largest absolute Gasteiger partial charge is 0.490 e. The lowest BCUT2D eigenvalue weighted by Gasteiger charge is -2.29. The Labute approximate surface area is 169 Å². The van der Waals surface area contributed by atoms with Crippen molar-refractivity contribution in [1.29, 1.82) is 0 Å². The topological polar surface area (TPSA) is 76.7 Å². The Morgan fingerprint density at radius 2 is 1.78 bits per heavy atom. The molecule has 2 amide bonds. The molecule has 27 heavy (non-hydrogen) atoms. The van der Waals surface area contributed by atoms with Gasteiger partial charge in [0, 0.05) is 5.70 Å². The van der Waals surface area contributed by atoms with Gasteiger partial charge >= 0.3 is 12.0 Å². The molecule has 1 aliphatic heterocycles. The summed E-state index contributed by atoms with van der Waals surface area (Å²) in [7, 11) is 0. The number of hydrogen-bond acceptors (Lipinski definition) is 4. The van der Waals surface area contributed by atoms with Gasteiger partial charge in [-0.05, 0) is 44.4 Å². The van der Waals surface area contributed by atoms with Crippen LogP contribution in [0.2, 0.25) is 10.0 Å². The number of carbonyl (C=O) groups excluding carboxylic acids is 2. The highest BCUT2D eigenvalue weighted by molar-refractivity contribution is 6.37. The minimum absolute atomic E-state index is 0.296. The Kier molecular flexibility index (Phi) is 7.00. The molecule has 1 aromatic rings. The van der Waals surface area contributed by atoms with Gasteiger partial charge in [-0.3, -0.25) is 0 Å². The van der Waals surface area contributed by atoms with Crippen molar-refractivity contribution in [1.82, 2.24) is 10.6 Å². The zero-order valence-electron chi connectivity index (χ0n) is 16.0. The van der Waals surface area contributed by atoms with Gasteiger partial charge in [-0.25, -0.2) is 9.59 Å². The normalized spacial score (nSPS) is 17.1. The minimum Gasteiger partial charge on any atom is -0.490 e. The molecule has 0 aliphatic carbocycles. The summed E-state index contributed by atoms with van der Waals surface area (Å²) in [6.45, 7) is 9.65. The molecule has 2 rings (SSSR count). The maximum atomic E-state index is 12.6. The van der Waals surface area contributed by atoms with E-state index in [0.717, 1.165) is 0 Å². The summed E-state index contributed by atoms with van der Waals surface area (Å²) in [5.74, 6) is 0.166. The van der Waals surface area contributed by atoms with Crippen LogP contribution in [-0.2, 0) is 9.53 Å². The molecule has 1 aliphatic rings. The summed E-state index contributed by atoms with van der Waals surface area (Å²) in [6, 6.07) is 2.11. The molecule has 148 valence electrons. The molecule has 6 nitrogen and oxygen atoms in total. The third kappa shape index (κ3) is 5.30. The lowest BCUT2D eigenvalue weighted by molar-refractivity contribution is -0.143. The molecule has 0 aromatic heterocycles. The molecule has 1 heterocycles. The number of amides is 2. The molecule has 0 spiro atoms. The number of ether oxygens (including phenoxy) is 2. The highest BCUT2D eigenvalue weighted by Crippen LogP contribution is 2.38. The summed E-state index contributed by atoms with van der Waals surface area (Å²) < 4.78 is 11.0. The van der Waals surface area contributed by atoms with Gasteiger partial charge in [0.15, 0.2) is 5.75 Å². The van der Waals surface area contributed by atoms with Crippen molar-refractivity contribution in [3.63, 3.8) is 0 Å². The lowest BCUT2D eigenvalue weighted by Crippen LogP contribution is -2.45. The predicted octanol–water partition coefficient (Wildman–Crippen LogP) is 4.61. The second-order valence-corrected chi connectivity index (χ2v) is 7.86. The van der Waals surface area contributed by atoms with E-state index in [-0.39, 0.29) is 6.10 Å². The number of halogens is 2. The van der Waals surface area contributed by atoms with Crippen LogP contribution in [0, 0.1) is 5.92 Å². The van der Waals surface area contributed by atoms with Crippen LogP contribution in [0.25, 0.3) is 0 Å². The molecule has 0 saturated carbocycles. The number of benzene rings is 1. The minimum atomic E-state index is -0.737. The molecule has 1 atom stereocenters. The lowest BCUT2D eigenvalue weighted by atomic mass is 9.95. The number of esters is 1. The van der Waals surface area contributed by atoms with Crippen LogP contribution >= 0.6 is 23.2 Å². The van der Waals surface area contributed by atoms with Crippen LogP contribution < -0.4 is 15.4 Å². The SMILES string of the molecule is CC1=C(C(=O)OC(C)C)C(c2cc(Cl)c(OCC(C)C)c(Cl)c2)NC(=O)N1. The molecule has 0 radical (unpaired) electrons. The molecular weight excluding hydrogens is 391 g/mol. The molecule has 0 bridgehead atoms. The van der Waals surface area contributed by atoms with Crippen LogP contribution in [0.3, 0.4) is 0 Å². The van der Waals surface area contributed by atoms with E-state index in [9.17, 15) is 9.59 Å². The molecular formula is C19H24Cl2N2O4. The fraction of sp³-hybridized carbons (Fsp3) is 0.474. The highest BCUT2D eigenvalue weighted by atomic mass is 35.5. The monoisotopic (exact) mass is 414 g/mol. The van der Waals surface area contributed by atoms with E-state index in [1.165, 1.54) is 0 Å². The molecule has 1 aromatic carbocycles. The van der Waals surface area contributed by atoms with Gasteiger partial charge < -0.3 is 20.1 Å². The van der Waals surface area contributed by atoms with Crippen LogP contribution in [-0.4, -0.2) is 24.7 Å². The van der Waals surface area contributed by atoms with Crippen molar-refractivity contribution in [2.45, 2.75) is 46.8 Å². The summed E-state index contributed by atoms with van der Waals surface area (Å²) in [5.41, 5.74) is 1.28. The van der Waals surface area contributed by atoms with Crippen molar-refractivity contribution in [2.24, 2.45) is 5.92 Å². The fourth-order valence-electron chi connectivity index (χ4n) is 2.63. The van der Waals surface area contributed by atoms with Crippen LogP contribution in [0.15, 0.2) is 23.4 Å². The van der Waals surface area contributed by atoms with E-state index in [2.05, 4.69) is 10.6 Å². The van der Waals surface area contributed by atoms with Crippen LogP contribution in [0.5, 0.6) is 5.75 Å². The first-order valence-corrected chi connectivity index (χ1v) is 9.46. The average molecular weight is 415 g/mol. The smallest absolute Gasteiger partial charge is 0.338 e. The van der Waals surface area contributed by atoms with Crippen molar-refractivity contribution in [3.8, 4) is 5.75 Å². The number of rotatable bonds is 6. The van der Waals surface area contributed by atoms with Gasteiger partial charge in [-0.1, -0.05) is 37.0 Å².